The first-order chi connectivity index (χ1) is 9.33. The quantitative estimate of drug-likeness (QED) is 0.138. The average Bonchev–Trinajstić information content (AvgIpc) is 2.89. The van der Waals surface area contributed by atoms with Crippen molar-refractivity contribution in [2.45, 2.75) is 31.1 Å². The van der Waals surface area contributed by atoms with Crippen molar-refractivity contribution in [3.05, 3.63) is 11.8 Å². The molecule has 1 aliphatic rings. The first kappa shape index (κ1) is 16.2. The van der Waals surface area contributed by atoms with Gasteiger partial charge in [0.2, 0.25) is 6.41 Å². The fourth-order valence-electron chi connectivity index (χ4n) is 1.75. The van der Waals surface area contributed by atoms with E-state index in [4.69, 9.17) is 20.1 Å². The Morgan fingerprint density at radius 1 is 1.35 bits per heavy atom. The molecular formula is C11H16N2O7. The second kappa shape index (κ2) is 6.57. The topological polar surface area (TPSA) is 136 Å². The third-order valence-corrected chi connectivity index (χ3v) is 2.79. The molecule has 4 N–H and O–H groups in total. The summed E-state index contributed by atoms with van der Waals surface area (Å²) in [5.74, 6) is -3.69. The Morgan fingerprint density at radius 2 is 2.00 bits per heavy atom. The van der Waals surface area contributed by atoms with Gasteiger partial charge in [0, 0.05) is 13.2 Å². The molecule has 0 aromatic rings. The van der Waals surface area contributed by atoms with Gasteiger partial charge in [-0.2, -0.15) is 0 Å². The standard InChI is InChI=1S/C11H16N2O7/c1-12-10(16)7(5-14)4-13(6-15)9-3-2-8(20-9)11(17,18)19/h4-6,8-9,17-19H,2-3H2,1H3,(H,12,16)/b7-4-. The zero-order chi connectivity index (χ0) is 15.3. The van der Waals surface area contributed by atoms with Gasteiger partial charge in [0.25, 0.3) is 5.91 Å². The largest absolute Gasteiger partial charge is 0.355 e. The van der Waals surface area contributed by atoms with Crippen LogP contribution in [0, 0.1) is 0 Å². The molecule has 2 unspecified atom stereocenters. The van der Waals surface area contributed by atoms with Gasteiger partial charge in [0.15, 0.2) is 6.29 Å². The van der Waals surface area contributed by atoms with Crippen molar-refractivity contribution >= 4 is 18.6 Å². The molecule has 1 aliphatic heterocycles. The highest BCUT2D eigenvalue weighted by Gasteiger charge is 2.41. The molecule has 0 bridgehead atoms. The summed E-state index contributed by atoms with van der Waals surface area (Å²) in [7, 11) is 1.32. The van der Waals surface area contributed by atoms with Crippen LogP contribution >= 0.6 is 0 Å². The van der Waals surface area contributed by atoms with E-state index in [1.807, 2.05) is 0 Å². The van der Waals surface area contributed by atoms with Crippen molar-refractivity contribution in [3.8, 4) is 0 Å². The van der Waals surface area contributed by atoms with Crippen LogP contribution in [0.1, 0.15) is 12.8 Å². The molecular weight excluding hydrogens is 272 g/mol. The van der Waals surface area contributed by atoms with E-state index in [-0.39, 0.29) is 24.7 Å². The van der Waals surface area contributed by atoms with Gasteiger partial charge in [-0.3, -0.25) is 19.3 Å². The summed E-state index contributed by atoms with van der Waals surface area (Å²) < 4.78 is 5.09. The Kier molecular flexibility index (Phi) is 5.34. The maximum atomic E-state index is 11.3. The molecule has 1 saturated heterocycles. The van der Waals surface area contributed by atoms with Gasteiger partial charge in [0.1, 0.15) is 12.3 Å². The lowest BCUT2D eigenvalue weighted by Crippen LogP contribution is -2.43. The van der Waals surface area contributed by atoms with Crippen LogP contribution in [0.4, 0.5) is 0 Å². The number of hydrogen-bond donors (Lipinski definition) is 4. The Bertz CT molecular complexity index is 415. The fraction of sp³-hybridized carbons (Fsp3) is 0.545. The number of amides is 2. The number of carbonyl (C=O) groups excluding carboxylic acids is 3. The van der Waals surface area contributed by atoms with Crippen molar-refractivity contribution in [1.29, 1.82) is 0 Å². The molecule has 0 spiro atoms. The molecule has 2 atom stereocenters. The highest BCUT2D eigenvalue weighted by Crippen LogP contribution is 2.27. The number of likely N-dealkylation sites (N-methyl/N-ethyl adjacent to an activating group) is 1. The second-order valence-electron chi connectivity index (χ2n) is 4.18. The van der Waals surface area contributed by atoms with Crippen molar-refractivity contribution in [2.24, 2.45) is 0 Å². The number of aldehydes is 1. The highest BCUT2D eigenvalue weighted by molar-refractivity contribution is 6.10. The van der Waals surface area contributed by atoms with Crippen LogP contribution in [-0.2, 0) is 19.1 Å². The SMILES string of the molecule is CNC(=O)/C(C=O)=C\N(C=O)C1CCC(C(O)(O)O)O1. The lowest BCUT2D eigenvalue weighted by atomic mass is 10.2. The summed E-state index contributed by atoms with van der Waals surface area (Å²) >= 11 is 0. The Balaban J connectivity index is 2.83. The van der Waals surface area contributed by atoms with Crippen molar-refractivity contribution in [1.82, 2.24) is 10.2 Å². The van der Waals surface area contributed by atoms with E-state index in [1.54, 1.807) is 0 Å². The van der Waals surface area contributed by atoms with E-state index in [2.05, 4.69) is 5.32 Å². The molecule has 20 heavy (non-hydrogen) atoms. The van der Waals surface area contributed by atoms with Gasteiger partial charge in [-0.25, -0.2) is 0 Å². The fourth-order valence-corrected chi connectivity index (χ4v) is 1.75. The Labute approximate surface area is 114 Å². The minimum absolute atomic E-state index is 0.0861. The lowest BCUT2D eigenvalue weighted by Gasteiger charge is -2.25. The molecule has 1 fully saturated rings. The van der Waals surface area contributed by atoms with Crippen molar-refractivity contribution in [3.63, 3.8) is 0 Å². The Hall–Kier alpha value is -1.81. The summed E-state index contributed by atoms with van der Waals surface area (Å²) in [6.07, 6.45) is -0.333. The van der Waals surface area contributed by atoms with Crippen LogP contribution in [0.15, 0.2) is 11.8 Å². The normalized spacial score (nSPS) is 23.3. The van der Waals surface area contributed by atoms with E-state index in [9.17, 15) is 14.4 Å². The van der Waals surface area contributed by atoms with E-state index in [1.165, 1.54) is 7.05 Å². The average molecular weight is 288 g/mol. The predicted molar refractivity (Wildman–Crippen MR) is 63.4 cm³/mol. The minimum atomic E-state index is -3.01. The molecule has 0 aliphatic carbocycles. The molecule has 9 heteroatoms. The first-order valence-corrected chi connectivity index (χ1v) is 5.77. The molecule has 1 heterocycles. The van der Waals surface area contributed by atoms with Crippen molar-refractivity contribution < 1.29 is 34.4 Å². The molecule has 0 radical (unpaired) electrons. The van der Waals surface area contributed by atoms with Gasteiger partial charge >= 0.3 is 5.97 Å². The van der Waals surface area contributed by atoms with Gasteiger partial charge in [0.05, 0.1) is 5.57 Å². The van der Waals surface area contributed by atoms with Crippen LogP contribution in [0.25, 0.3) is 0 Å². The minimum Gasteiger partial charge on any atom is -0.355 e. The summed E-state index contributed by atoms with van der Waals surface area (Å²) in [5.41, 5.74) is -0.296. The highest BCUT2D eigenvalue weighted by atomic mass is 16.7. The van der Waals surface area contributed by atoms with Crippen molar-refractivity contribution in [2.75, 3.05) is 7.05 Å². The first-order valence-electron chi connectivity index (χ1n) is 5.77. The monoisotopic (exact) mass is 288 g/mol. The maximum absolute atomic E-state index is 11.3. The van der Waals surface area contributed by atoms with E-state index in [0.717, 1.165) is 11.1 Å². The molecule has 112 valence electrons. The molecule has 0 aromatic heterocycles. The third-order valence-electron chi connectivity index (χ3n) is 2.79. The molecule has 0 saturated carbocycles. The lowest BCUT2D eigenvalue weighted by molar-refractivity contribution is -0.360. The van der Waals surface area contributed by atoms with Crippen LogP contribution in [0.5, 0.6) is 0 Å². The maximum Gasteiger partial charge on any atom is 0.303 e. The van der Waals surface area contributed by atoms with E-state index >= 15 is 0 Å². The Morgan fingerprint density at radius 3 is 2.40 bits per heavy atom. The second-order valence-corrected chi connectivity index (χ2v) is 4.18. The summed E-state index contributed by atoms with van der Waals surface area (Å²) in [5, 5.41) is 29.2. The number of carbonyl (C=O) groups is 3. The van der Waals surface area contributed by atoms with Crippen LogP contribution in [-0.4, -0.2) is 64.2 Å². The number of nitrogens with zero attached hydrogens (tertiary/aromatic N) is 1. The number of nitrogens with one attached hydrogen (secondary N) is 1. The summed E-state index contributed by atoms with van der Waals surface area (Å²) in [4.78, 5) is 34.0. The summed E-state index contributed by atoms with van der Waals surface area (Å²) in [6, 6.07) is 0. The zero-order valence-electron chi connectivity index (χ0n) is 10.7. The smallest absolute Gasteiger partial charge is 0.303 e. The predicted octanol–water partition coefficient (Wildman–Crippen LogP) is -2.59. The molecule has 0 aromatic carbocycles. The van der Waals surface area contributed by atoms with Crippen LogP contribution in [0.2, 0.25) is 0 Å². The van der Waals surface area contributed by atoms with E-state index < -0.39 is 24.2 Å². The molecule has 2 amide bonds. The van der Waals surface area contributed by atoms with Gasteiger partial charge < -0.3 is 25.4 Å². The van der Waals surface area contributed by atoms with Gasteiger partial charge in [-0.05, 0) is 12.8 Å². The molecule has 1 rings (SSSR count). The number of hydrogen-bond acceptors (Lipinski definition) is 7. The third kappa shape index (κ3) is 3.84. The zero-order valence-corrected chi connectivity index (χ0v) is 10.7. The van der Waals surface area contributed by atoms with E-state index in [0.29, 0.717) is 6.41 Å². The molecule has 9 nitrogen and oxygen atoms in total. The van der Waals surface area contributed by atoms with Crippen LogP contribution < -0.4 is 5.32 Å². The van der Waals surface area contributed by atoms with Gasteiger partial charge in [-0.1, -0.05) is 0 Å². The number of aliphatic hydroxyl groups is 3. The van der Waals surface area contributed by atoms with Gasteiger partial charge in [-0.15, -0.1) is 0 Å². The number of rotatable bonds is 6. The number of ether oxygens (including phenoxy) is 1. The summed E-state index contributed by atoms with van der Waals surface area (Å²) in [6.45, 7) is 0. The van der Waals surface area contributed by atoms with Crippen LogP contribution in [0.3, 0.4) is 0 Å².